The predicted octanol–water partition coefficient (Wildman–Crippen LogP) is 1.11. The number of carbonyl (C=O) groups excluding carboxylic acids is 2. The Morgan fingerprint density at radius 1 is 1.43 bits per heavy atom. The molecule has 2 rings (SSSR count). The van der Waals surface area contributed by atoms with E-state index >= 15 is 0 Å². The molecule has 0 radical (unpaired) electrons. The van der Waals surface area contributed by atoms with Crippen molar-refractivity contribution in [2.24, 2.45) is 11.8 Å². The van der Waals surface area contributed by atoms with Crippen LogP contribution in [0.5, 0.6) is 0 Å². The maximum atomic E-state index is 12.3. The summed E-state index contributed by atoms with van der Waals surface area (Å²) in [4.78, 5) is 30.2. The Balaban J connectivity index is 2.16. The minimum Gasteiger partial charge on any atom is -0.469 e. The van der Waals surface area contributed by atoms with Crippen LogP contribution in [0, 0.1) is 11.8 Å². The summed E-state index contributed by atoms with van der Waals surface area (Å²) in [6.45, 7) is 6.31. The number of nitrogens with one attached hydrogen (secondary N) is 1. The zero-order chi connectivity index (χ0) is 15.5. The van der Waals surface area contributed by atoms with Crippen molar-refractivity contribution in [3.8, 4) is 0 Å². The molecule has 2 heterocycles. The summed E-state index contributed by atoms with van der Waals surface area (Å²) in [6, 6.07) is 0. The molecule has 120 valence electrons. The van der Waals surface area contributed by atoms with Crippen LogP contribution in [0.1, 0.15) is 39.5 Å². The number of hydrogen-bond donors (Lipinski definition) is 1. The normalized spacial score (nSPS) is 24.9. The third-order valence-corrected chi connectivity index (χ3v) is 4.53. The van der Waals surface area contributed by atoms with Crippen molar-refractivity contribution >= 4 is 11.9 Å². The molecule has 21 heavy (non-hydrogen) atoms. The van der Waals surface area contributed by atoms with E-state index in [4.69, 9.17) is 9.57 Å². The van der Waals surface area contributed by atoms with Gasteiger partial charge < -0.3 is 10.1 Å². The first-order chi connectivity index (χ1) is 10.0. The lowest BCUT2D eigenvalue weighted by molar-refractivity contribution is -0.221. The van der Waals surface area contributed by atoms with Crippen molar-refractivity contribution in [2.45, 2.75) is 45.1 Å². The molecule has 2 fully saturated rings. The lowest BCUT2D eigenvalue weighted by Crippen LogP contribution is -2.56. The molecule has 0 saturated carbocycles. The van der Waals surface area contributed by atoms with Crippen LogP contribution in [0.4, 0.5) is 0 Å². The molecule has 2 aliphatic rings. The average Bonchev–Trinajstić information content (AvgIpc) is 2.72. The van der Waals surface area contributed by atoms with Gasteiger partial charge >= 0.3 is 5.97 Å². The smallest absolute Gasteiger partial charge is 0.311 e. The van der Waals surface area contributed by atoms with Gasteiger partial charge in [-0.25, -0.2) is 5.06 Å². The van der Waals surface area contributed by atoms with Crippen molar-refractivity contribution in [3.63, 3.8) is 0 Å². The average molecular weight is 298 g/mol. The number of ether oxygens (including phenoxy) is 1. The molecule has 0 aliphatic carbocycles. The van der Waals surface area contributed by atoms with E-state index in [0.717, 1.165) is 32.4 Å². The van der Waals surface area contributed by atoms with Gasteiger partial charge in [-0.15, -0.1) is 0 Å². The van der Waals surface area contributed by atoms with Crippen molar-refractivity contribution in [1.29, 1.82) is 0 Å². The fourth-order valence-corrected chi connectivity index (χ4v) is 3.27. The van der Waals surface area contributed by atoms with Gasteiger partial charge in [-0.1, -0.05) is 13.8 Å². The summed E-state index contributed by atoms with van der Waals surface area (Å²) in [6.07, 6.45) is 2.52. The second-order valence-corrected chi connectivity index (χ2v) is 6.34. The Morgan fingerprint density at radius 3 is 2.67 bits per heavy atom. The van der Waals surface area contributed by atoms with Gasteiger partial charge in [0.2, 0.25) is 5.91 Å². The Kier molecular flexibility index (Phi) is 5.22. The highest BCUT2D eigenvalue weighted by Gasteiger charge is 2.57. The monoisotopic (exact) mass is 298 g/mol. The molecule has 1 spiro atoms. The molecule has 0 aromatic heterocycles. The molecule has 0 aromatic carbocycles. The topological polar surface area (TPSA) is 67.9 Å². The number of nitrogens with zero attached hydrogens (tertiary/aromatic N) is 1. The van der Waals surface area contributed by atoms with E-state index in [-0.39, 0.29) is 18.3 Å². The van der Waals surface area contributed by atoms with E-state index in [1.807, 2.05) is 0 Å². The maximum Gasteiger partial charge on any atom is 0.311 e. The van der Waals surface area contributed by atoms with Crippen LogP contribution in [0.25, 0.3) is 0 Å². The predicted molar refractivity (Wildman–Crippen MR) is 77.2 cm³/mol. The molecule has 1 atom stereocenters. The lowest BCUT2D eigenvalue weighted by Gasteiger charge is -2.43. The Morgan fingerprint density at radius 2 is 2.10 bits per heavy atom. The SMILES string of the molecule is COC(=O)C1CC(=O)N(OCCC(C)C)C12CCNCC2. The van der Waals surface area contributed by atoms with Crippen LogP contribution in [0.15, 0.2) is 0 Å². The summed E-state index contributed by atoms with van der Waals surface area (Å²) in [7, 11) is 1.38. The van der Waals surface area contributed by atoms with E-state index in [0.29, 0.717) is 12.5 Å². The first kappa shape index (κ1) is 16.2. The van der Waals surface area contributed by atoms with Gasteiger partial charge in [0.25, 0.3) is 0 Å². The van der Waals surface area contributed by atoms with E-state index in [2.05, 4.69) is 19.2 Å². The first-order valence-corrected chi connectivity index (χ1v) is 7.76. The minimum atomic E-state index is -0.535. The highest BCUT2D eigenvalue weighted by molar-refractivity contribution is 5.88. The highest BCUT2D eigenvalue weighted by Crippen LogP contribution is 2.43. The van der Waals surface area contributed by atoms with Gasteiger partial charge in [0.15, 0.2) is 0 Å². The number of hydroxylamine groups is 2. The molecule has 0 bridgehead atoms. The van der Waals surface area contributed by atoms with E-state index < -0.39 is 11.5 Å². The fourth-order valence-electron chi connectivity index (χ4n) is 3.27. The third kappa shape index (κ3) is 3.21. The van der Waals surface area contributed by atoms with Crippen LogP contribution in [-0.2, 0) is 19.2 Å². The van der Waals surface area contributed by atoms with Crippen LogP contribution in [0.3, 0.4) is 0 Å². The van der Waals surface area contributed by atoms with Crippen molar-refractivity contribution < 1.29 is 19.2 Å². The number of carbonyl (C=O) groups is 2. The molecule has 1 N–H and O–H groups in total. The van der Waals surface area contributed by atoms with Crippen LogP contribution < -0.4 is 5.32 Å². The molecule has 2 saturated heterocycles. The van der Waals surface area contributed by atoms with Crippen molar-refractivity contribution in [3.05, 3.63) is 0 Å². The second kappa shape index (κ2) is 6.75. The van der Waals surface area contributed by atoms with Gasteiger partial charge in [-0.2, -0.15) is 0 Å². The second-order valence-electron chi connectivity index (χ2n) is 6.34. The molecule has 0 aromatic rings. The number of amides is 1. The molecule has 6 nitrogen and oxygen atoms in total. The minimum absolute atomic E-state index is 0.101. The Hall–Kier alpha value is -1.14. The van der Waals surface area contributed by atoms with Gasteiger partial charge in [-0.3, -0.25) is 14.4 Å². The number of hydrogen-bond acceptors (Lipinski definition) is 5. The molecule has 6 heteroatoms. The summed E-state index contributed by atoms with van der Waals surface area (Å²) in [5.74, 6) is -0.310. The Bertz CT molecular complexity index is 391. The van der Waals surface area contributed by atoms with Crippen LogP contribution in [0.2, 0.25) is 0 Å². The highest BCUT2D eigenvalue weighted by atomic mass is 16.7. The number of piperidine rings is 1. The molecule has 1 amide bonds. The summed E-state index contributed by atoms with van der Waals surface area (Å²) in [5, 5.41) is 4.78. The molecular formula is C15H26N2O4. The third-order valence-electron chi connectivity index (χ3n) is 4.53. The quantitative estimate of drug-likeness (QED) is 0.770. The largest absolute Gasteiger partial charge is 0.469 e. The van der Waals surface area contributed by atoms with Gasteiger partial charge in [0, 0.05) is 6.42 Å². The molecular weight excluding hydrogens is 272 g/mol. The van der Waals surface area contributed by atoms with Crippen LogP contribution >= 0.6 is 0 Å². The summed E-state index contributed by atoms with van der Waals surface area (Å²) in [5.41, 5.74) is -0.535. The number of rotatable bonds is 5. The van der Waals surface area contributed by atoms with Gasteiger partial charge in [0.05, 0.1) is 25.2 Å². The van der Waals surface area contributed by atoms with E-state index in [9.17, 15) is 9.59 Å². The summed E-state index contributed by atoms with van der Waals surface area (Å²) >= 11 is 0. The number of methoxy groups -OCH3 is 1. The molecule has 1 unspecified atom stereocenters. The molecule has 2 aliphatic heterocycles. The number of esters is 1. The lowest BCUT2D eigenvalue weighted by atomic mass is 9.78. The standard InChI is InChI=1S/C15H26N2O4/c1-11(2)4-9-21-17-13(18)10-12(14(19)20-3)15(17)5-7-16-8-6-15/h11-12,16H,4-10H2,1-3H3. The summed E-state index contributed by atoms with van der Waals surface area (Å²) < 4.78 is 4.91. The fraction of sp³-hybridized carbons (Fsp3) is 0.867. The van der Waals surface area contributed by atoms with Crippen molar-refractivity contribution in [1.82, 2.24) is 10.4 Å². The zero-order valence-corrected chi connectivity index (χ0v) is 13.2. The zero-order valence-electron chi connectivity index (χ0n) is 13.2. The van der Waals surface area contributed by atoms with Crippen LogP contribution in [-0.4, -0.2) is 49.3 Å². The Labute approximate surface area is 126 Å². The first-order valence-electron chi connectivity index (χ1n) is 7.76. The van der Waals surface area contributed by atoms with E-state index in [1.54, 1.807) is 0 Å². The van der Waals surface area contributed by atoms with E-state index in [1.165, 1.54) is 12.2 Å². The van der Waals surface area contributed by atoms with Crippen molar-refractivity contribution in [2.75, 3.05) is 26.8 Å². The van der Waals surface area contributed by atoms with Gasteiger partial charge in [-0.05, 0) is 38.3 Å². The maximum absolute atomic E-state index is 12.3. The van der Waals surface area contributed by atoms with Gasteiger partial charge in [0.1, 0.15) is 0 Å².